The van der Waals surface area contributed by atoms with Crippen LogP contribution in [0.2, 0.25) is 0 Å². The Balaban J connectivity index is 0.00000312. The zero-order valence-electron chi connectivity index (χ0n) is 14.4. The fraction of sp³-hybridized carbons (Fsp3) is 0.588. The molecule has 1 aliphatic rings. The number of likely N-dealkylation sites (tertiary alicyclic amines) is 1. The average molecular weight is 470 g/mol. The van der Waals surface area contributed by atoms with E-state index in [2.05, 4.69) is 20.5 Å². The van der Waals surface area contributed by atoms with E-state index in [1.807, 2.05) is 0 Å². The number of aliphatic imine (C=N–C) groups is 1. The van der Waals surface area contributed by atoms with Crippen molar-refractivity contribution in [2.75, 3.05) is 33.2 Å². The normalized spacial score (nSPS) is 15.8. The van der Waals surface area contributed by atoms with E-state index in [1.54, 1.807) is 13.1 Å². The van der Waals surface area contributed by atoms with Gasteiger partial charge < -0.3 is 15.5 Å². The number of guanidine groups is 1. The van der Waals surface area contributed by atoms with E-state index >= 15 is 0 Å². The summed E-state index contributed by atoms with van der Waals surface area (Å²) in [5, 5.41) is 6.25. The molecule has 1 saturated heterocycles. The summed E-state index contributed by atoms with van der Waals surface area (Å²) in [6.45, 7) is 4.52. The summed E-state index contributed by atoms with van der Waals surface area (Å²) in [6, 6.07) is 5.33. The lowest BCUT2D eigenvalue weighted by Crippen LogP contribution is -2.38. The van der Waals surface area contributed by atoms with E-state index in [9.17, 15) is 13.2 Å². The molecule has 2 N–H and O–H groups in total. The molecule has 25 heavy (non-hydrogen) atoms. The Kier molecular flexibility index (Phi) is 9.55. The number of alkyl halides is 3. The van der Waals surface area contributed by atoms with E-state index in [-0.39, 0.29) is 24.0 Å². The second-order valence-corrected chi connectivity index (χ2v) is 5.95. The van der Waals surface area contributed by atoms with Crippen LogP contribution in [-0.4, -0.2) is 44.1 Å². The molecule has 0 bridgehead atoms. The molecule has 1 aromatic rings. The van der Waals surface area contributed by atoms with Crippen molar-refractivity contribution in [3.63, 3.8) is 0 Å². The van der Waals surface area contributed by atoms with Crippen molar-refractivity contribution in [3.8, 4) is 0 Å². The van der Waals surface area contributed by atoms with Crippen LogP contribution in [0.5, 0.6) is 0 Å². The standard InChI is InChI=1S/C17H25F3N4.HI/c1-21-16(22-8-5-11-24-9-2-3-10-24)23-13-14-6-4-7-15(12-14)17(18,19)20;/h4,6-7,12H,2-3,5,8-11,13H2,1H3,(H2,21,22,23);1H. The average Bonchev–Trinajstić information content (AvgIpc) is 3.07. The van der Waals surface area contributed by atoms with Gasteiger partial charge in [-0.1, -0.05) is 12.1 Å². The number of rotatable bonds is 6. The number of benzene rings is 1. The zero-order valence-corrected chi connectivity index (χ0v) is 16.7. The third kappa shape index (κ3) is 7.81. The van der Waals surface area contributed by atoms with E-state index in [1.165, 1.54) is 32.0 Å². The van der Waals surface area contributed by atoms with Gasteiger partial charge in [-0.3, -0.25) is 4.99 Å². The van der Waals surface area contributed by atoms with Crippen LogP contribution in [0.1, 0.15) is 30.4 Å². The van der Waals surface area contributed by atoms with Crippen LogP contribution in [-0.2, 0) is 12.7 Å². The SMILES string of the molecule is CN=C(NCCCN1CCCC1)NCc1cccc(C(F)(F)F)c1.I. The van der Waals surface area contributed by atoms with Crippen molar-refractivity contribution in [3.05, 3.63) is 35.4 Å². The lowest BCUT2D eigenvalue weighted by Gasteiger charge is -2.16. The monoisotopic (exact) mass is 470 g/mol. The molecule has 142 valence electrons. The zero-order chi connectivity index (χ0) is 17.4. The third-order valence-electron chi connectivity index (χ3n) is 4.08. The molecule has 1 heterocycles. The molecule has 0 unspecified atom stereocenters. The van der Waals surface area contributed by atoms with Crippen LogP contribution in [0.25, 0.3) is 0 Å². The summed E-state index contributed by atoms with van der Waals surface area (Å²) in [5.74, 6) is 0.605. The molecular formula is C17H26F3IN4. The summed E-state index contributed by atoms with van der Waals surface area (Å²) in [4.78, 5) is 6.55. The van der Waals surface area contributed by atoms with Crippen molar-refractivity contribution in [1.29, 1.82) is 0 Å². The highest BCUT2D eigenvalue weighted by Gasteiger charge is 2.30. The number of nitrogens with one attached hydrogen (secondary N) is 2. The molecule has 0 aromatic heterocycles. The van der Waals surface area contributed by atoms with E-state index in [0.29, 0.717) is 18.1 Å². The second-order valence-electron chi connectivity index (χ2n) is 5.95. The van der Waals surface area contributed by atoms with Crippen LogP contribution >= 0.6 is 24.0 Å². The van der Waals surface area contributed by atoms with E-state index in [0.717, 1.165) is 31.6 Å². The van der Waals surface area contributed by atoms with Crippen LogP contribution < -0.4 is 10.6 Å². The molecule has 8 heteroatoms. The number of hydrogen-bond acceptors (Lipinski definition) is 2. The predicted molar refractivity (Wildman–Crippen MR) is 105 cm³/mol. The van der Waals surface area contributed by atoms with Gasteiger partial charge in [0.1, 0.15) is 0 Å². The minimum absolute atomic E-state index is 0. The molecule has 0 atom stereocenters. The predicted octanol–water partition coefficient (Wildman–Crippen LogP) is 3.47. The molecule has 0 spiro atoms. The summed E-state index contributed by atoms with van der Waals surface area (Å²) in [7, 11) is 1.65. The first-order valence-corrected chi connectivity index (χ1v) is 8.32. The van der Waals surface area contributed by atoms with Crippen LogP contribution in [0.4, 0.5) is 13.2 Å². The fourth-order valence-corrected chi connectivity index (χ4v) is 2.78. The highest BCUT2D eigenvalue weighted by Crippen LogP contribution is 2.29. The van der Waals surface area contributed by atoms with Crippen molar-refractivity contribution >= 4 is 29.9 Å². The first-order chi connectivity index (χ1) is 11.5. The Labute approximate surface area is 164 Å². The second kappa shape index (κ2) is 10.8. The Morgan fingerprint density at radius 1 is 1.20 bits per heavy atom. The molecule has 4 nitrogen and oxygen atoms in total. The minimum Gasteiger partial charge on any atom is -0.356 e. The van der Waals surface area contributed by atoms with Gasteiger partial charge in [-0.05, 0) is 56.6 Å². The first-order valence-electron chi connectivity index (χ1n) is 8.32. The van der Waals surface area contributed by atoms with Crippen molar-refractivity contribution in [1.82, 2.24) is 15.5 Å². The van der Waals surface area contributed by atoms with Gasteiger partial charge in [-0.15, -0.1) is 24.0 Å². The molecule has 0 saturated carbocycles. The quantitative estimate of drug-likeness (QED) is 0.290. The van der Waals surface area contributed by atoms with Gasteiger partial charge >= 0.3 is 6.18 Å². The first kappa shape index (κ1) is 22.0. The van der Waals surface area contributed by atoms with Gasteiger partial charge in [0.05, 0.1) is 5.56 Å². The van der Waals surface area contributed by atoms with Crippen LogP contribution in [0.15, 0.2) is 29.3 Å². The smallest absolute Gasteiger partial charge is 0.356 e. The highest BCUT2D eigenvalue weighted by molar-refractivity contribution is 14.0. The molecular weight excluding hydrogens is 444 g/mol. The maximum atomic E-state index is 12.7. The molecule has 0 amide bonds. The van der Waals surface area contributed by atoms with Crippen LogP contribution in [0, 0.1) is 0 Å². The summed E-state index contributed by atoms with van der Waals surface area (Å²) in [5.41, 5.74) is -0.0554. The van der Waals surface area contributed by atoms with Crippen molar-refractivity contribution < 1.29 is 13.2 Å². The molecule has 1 fully saturated rings. The molecule has 0 aliphatic carbocycles. The van der Waals surface area contributed by atoms with Gasteiger partial charge in [-0.2, -0.15) is 13.2 Å². The summed E-state index contributed by atoms with van der Waals surface area (Å²) < 4.78 is 38.1. The minimum atomic E-state index is -4.31. The maximum absolute atomic E-state index is 12.7. The fourth-order valence-electron chi connectivity index (χ4n) is 2.78. The maximum Gasteiger partial charge on any atom is 0.416 e. The number of halogens is 4. The van der Waals surface area contributed by atoms with Gasteiger partial charge in [-0.25, -0.2) is 0 Å². The van der Waals surface area contributed by atoms with E-state index < -0.39 is 11.7 Å². The summed E-state index contributed by atoms with van der Waals surface area (Å²) >= 11 is 0. The summed E-state index contributed by atoms with van der Waals surface area (Å²) in [6.07, 6.45) is -0.725. The number of nitrogens with zero attached hydrogens (tertiary/aromatic N) is 2. The van der Waals surface area contributed by atoms with Gasteiger partial charge in [0.2, 0.25) is 0 Å². The third-order valence-corrected chi connectivity index (χ3v) is 4.08. The largest absolute Gasteiger partial charge is 0.416 e. The van der Waals surface area contributed by atoms with Crippen LogP contribution in [0.3, 0.4) is 0 Å². The van der Waals surface area contributed by atoms with Gasteiger partial charge in [0, 0.05) is 20.1 Å². The lowest BCUT2D eigenvalue weighted by molar-refractivity contribution is -0.137. The topological polar surface area (TPSA) is 39.7 Å². The Morgan fingerprint density at radius 2 is 1.92 bits per heavy atom. The van der Waals surface area contributed by atoms with Gasteiger partial charge in [0.15, 0.2) is 5.96 Å². The number of hydrogen-bond donors (Lipinski definition) is 2. The lowest BCUT2D eigenvalue weighted by atomic mass is 10.1. The van der Waals surface area contributed by atoms with Crippen molar-refractivity contribution in [2.45, 2.75) is 32.0 Å². The van der Waals surface area contributed by atoms with Crippen molar-refractivity contribution in [2.24, 2.45) is 4.99 Å². The molecule has 2 rings (SSSR count). The Morgan fingerprint density at radius 3 is 2.56 bits per heavy atom. The molecule has 1 aliphatic heterocycles. The highest BCUT2D eigenvalue weighted by atomic mass is 127. The van der Waals surface area contributed by atoms with E-state index in [4.69, 9.17) is 0 Å². The Hall–Kier alpha value is -1.03. The Bertz CT molecular complexity index is 543. The molecule has 0 radical (unpaired) electrons. The van der Waals surface area contributed by atoms with Gasteiger partial charge in [0.25, 0.3) is 0 Å². The molecule has 1 aromatic carbocycles.